The van der Waals surface area contributed by atoms with Gasteiger partial charge in [-0.15, -0.1) is 0 Å². The molecule has 1 heterocycles. The zero-order valence-corrected chi connectivity index (χ0v) is 14.4. The van der Waals surface area contributed by atoms with Crippen molar-refractivity contribution in [2.24, 2.45) is 0 Å². The normalized spacial score (nSPS) is 19.6. The van der Waals surface area contributed by atoms with Crippen LogP contribution in [0.5, 0.6) is 0 Å². The highest BCUT2D eigenvalue weighted by molar-refractivity contribution is 7.89. The van der Waals surface area contributed by atoms with Gasteiger partial charge in [0.1, 0.15) is 0 Å². The predicted octanol–water partition coefficient (Wildman–Crippen LogP) is 1.49. The largest absolute Gasteiger partial charge is 0.416 e. The van der Waals surface area contributed by atoms with Crippen molar-refractivity contribution in [1.29, 1.82) is 0 Å². The molecule has 140 valence electrons. The summed E-state index contributed by atoms with van der Waals surface area (Å²) < 4.78 is 68.4. The summed E-state index contributed by atoms with van der Waals surface area (Å²) in [5.74, 6) is -0.911. The number of hydrogen-bond donors (Lipinski definition) is 1. The first-order valence-electron chi connectivity index (χ1n) is 7.64. The maximum Gasteiger partial charge on any atom is 0.416 e. The lowest BCUT2D eigenvalue weighted by molar-refractivity contribution is -0.137. The quantitative estimate of drug-likeness (QED) is 0.840. The molecule has 1 aliphatic heterocycles. The summed E-state index contributed by atoms with van der Waals surface area (Å²) in [7, 11) is -3.53. The second kappa shape index (κ2) is 7.71. The molecule has 25 heavy (non-hydrogen) atoms. The van der Waals surface area contributed by atoms with E-state index in [1.54, 1.807) is 6.92 Å². The average Bonchev–Trinajstić information content (AvgIpc) is 2.54. The minimum Gasteiger partial charge on any atom is -0.376 e. The third kappa shape index (κ3) is 5.41. The molecule has 1 fully saturated rings. The highest BCUT2D eigenvalue weighted by atomic mass is 32.2. The van der Waals surface area contributed by atoms with Gasteiger partial charge in [-0.3, -0.25) is 4.79 Å². The van der Waals surface area contributed by atoms with Gasteiger partial charge in [0.2, 0.25) is 10.0 Å². The maximum atomic E-state index is 12.5. The van der Waals surface area contributed by atoms with Gasteiger partial charge in [0.05, 0.1) is 24.0 Å². The topological polar surface area (TPSA) is 75.7 Å². The highest BCUT2D eigenvalue weighted by Gasteiger charge is 2.30. The zero-order valence-electron chi connectivity index (χ0n) is 13.5. The number of ether oxygens (including phenoxy) is 1. The van der Waals surface area contributed by atoms with Gasteiger partial charge in [-0.05, 0) is 31.2 Å². The lowest BCUT2D eigenvalue weighted by Crippen LogP contribution is -2.46. The van der Waals surface area contributed by atoms with E-state index in [0.717, 1.165) is 24.3 Å². The third-order valence-corrected chi connectivity index (χ3v) is 5.56. The molecule has 1 aromatic rings. The second-order valence-corrected chi connectivity index (χ2v) is 7.77. The summed E-state index contributed by atoms with van der Waals surface area (Å²) in [4.78, 5) is 11.9. The Labute approximate surface area is 144 Å². The molecule has 2 rings (SSSR count). The first kappa shape index (κ1) is 19.7. The van der Waals surface area contributed by atoms with Crippen LogP contribution in [0.3, 0.4) is 0 Å². The number of hydrogen-bond acceptors (Lipinski definition) is 4. The molecular weight excluding hydrogens is 361 g/mol. The fraction of sp³-hybridized carbons (Fsp3) is 0.533. The molecule has 0 bridgehead atoms. The molecule has 1 saturated heterocycles. The van der Waals surface area contributed by atoms with E-state index in [4.69, 9.17) is 4.74 Å². The van der Waals surface area contributed by atoms with E-state index >= 15 is 0 Å². The summed E-state index contributed by atoms with van der Waals surface area (Å²) in [5, 5.41) is 2.41. The first-order chi connectivity index (χ1) is 11.6. The number of amides is 1. The Kier molecular flexibility index (Phi) is 6.07. The molecule has 1 unspecified atom stereocenters. The molecule has 1 aromatic carbocycles. The van der Waals surface area contributed by atoms with Gasteiger partial charge in [-0.25, -0.2) is 8.42 Å². The van der Waals surface area contributed by atoms with Crippen LogP contribution < -0.4 is 5.32 Å². The first-order valence-corrected chi connectivity index (χ1v) is 9.25. The molecule has 1 N–H and O–H groups in total. The maximum absolute atomic E-state index is 12.5. The highest BCUT2D eigenvalue weighted by Crippen LogP contribution is 2.29. The summed E-state index contributed by atoms with van der Waals surface area (Å²) >= 11 is 0. The van der Waals surface area contributed by atoms with E-state index < -0.39 is 27.7 Å². The monoisotopic (exact) mass is 380 g/mol. The minimum absolute atomic E-state index is 0.0328. The summed E-state index contributed by atoms with van der Waals surface area (Å²) in [6.07, 6.45) is -4.66. The van der Waals surface area contributed by atoms with Crippen LogP contribution in [0.4, 0.5) is 13.2 Å². The van der Waals surface area contributed by atoms with Crippen LogP contribution in [0.1, 0.15) is 22.8 Å². The van der Waals surface area contributed by atoms with Gasteiger partial charge in [0.25, 0.3) is 5.91 Å². The average molecular weight is 380 g/mol. The van der Waals surface area contributed by atoms with E-state index in [1.807, 2.05) is 0 Å². The number of sulfonamides is 1. The van der Waals surface area contributed by atoms with Gasteiger partial charge < -0.3 is 10.1 Å². The van der Waals surface area contributed by atoms with E-state index in [0.29, 0.717) is 6.61 Å². The van der Waals surface area contributed by atoms with Crippen LogP contribution in [0.2, 0.25) is 0 Å². The van der Waals surface area contributed by atoms with Crippen molar-refractivity contribution in [1.82, 2.24) is 9.62 Å². The van der Waals surface area contributed by atoms with Crippen LogP contribution in [0, 0.1) is 0 Å². The fourth-order valence-electron chi connectivity index (χ4n) is 2.37. The third-order valence-electron chi connectivity index (χ3n) is 3.72. The Bertz CT molecular complexity index is 704. The number of morpholine rings is 1. The lowest BCUT2D eigenvalue weighted by Gasteiger charge is -2.30. The number of alkyl halides is 3. The van der Waals surface area contributed by atoms with Crippen molar-refractivity contribution in [3.05, 3.63) is 35.4 Å². The Hall–Kier alpha value is -1.65. The second-order valence-electron chi connectivity index (χ2n) is 5.69. The van der Waals surface area contributed by atoms with Crippen molar-refractivity contribution < 1.29 is 31.1 Å². The number of nitrogens with zero attached hydrogens (tertiary/aromatic N) is 1. The Morgan fingerprint density at radius 2 is 1.96 bits per heavy atom. The van der Waals surface area contributed by atoms with E-state index in [-0.39, 0.29) is 37.1 Å². The number of carbonyl (C=O) groups excluding carboxylic acids is 1. The van der Waals surface area contributed by atoms with Crippen molar-refractivity contribution in [2.75, 3.05) is 32.0 Å². The van der Waals surface area contributed by atoms with Crippen LogP contribution in [-0.4, -0.2) is 56.7 Å². The molecule has 1 aliphatic rings. The van der Waals surface area contributed by atoms with Gasteiger partial charge >= 0.3 is 6.18 Å². The summed E-state index contributed by atoms with van der Waals surface area (Å²) in [6.45, 7) is 2.48. The van der Waals surface area contributed by atoms with Crippen molar-refractivity contribution in [3.8, 4) is 0 Å². The molecule has 10 heteroatoms. The number of rotatable bonds is 5. The molecule has 0 aromatic heterocycles. The Morgan fingerprint density at radius 3 is 2.52 bits per heavy atom. The van der Waals surface area contributed by atoms with Crippen molar-refractivity contribution in [2.45, 2.75) is 19.2 Å². The summed E-state index contributed by atoms with van der Waals surface area (Å²) in [5.41, 5.74) is -0.821. The van der Waals surface area contributed by atoms with Gasteiger partial charge in [0.15, 0.2) is 0 Å². The lowest BCUT2D eigenvalue weighted by atomic mass is 10.1. The van der Waals surface area contributed by atoms with Crippen LogP contribution >= 0.6 is 0 Å². The fourth-order valence-corrected chi connectivity index (χ4v) is 3.78. The van der Waals surface area contributed by atoms with Crippen LogP contribution in [0.15, 0.2) is 24.3 Å². The number of carbonyl (C=O) groups is 1. The van der Waals surface area contributed by atoms with E-state index in [1.165, 1.54) is 4.31 Å². The van der Waals surface area contributed by atoms with E-state index in [2.05, 4.69) is 5.32 Å². The zero-order chi connectivity index (χ0) is 18.7. The molecule has 6 nitrogen and oxygen atoms in total. The molecule has 0 saturated carbocycles. The van der Waals surface area contributed by atoms with Crippen LogP contribution in [-0.2, 0) is 20.9 Å². The van der Waals surface area contributed by atoms with Crippen LogP contribution in [0.25, 0.3) is 0 Å². The predicted molar refractivity (Wildman–Crippen MR) is 84.6 cm³/mol. The standard InChI is InChI=1S/C15H19F3N2O4S/c1-11-10-20(7-8-24-11)25(22,23)9-6-19-14(21)12-2-4-13(5-3-12)15(16,17)18/h2-5,11H,6-10H2,1H3,(H,19,21). The molecule has 0 spiro atoms. The number of benzene rings is 1. The van der Waals surface area contributed by atoms with Crippen molar-refractivity contribution in [3.63, 3.8) is 0 Å². The number of nitrogens with one attached hydrogen (secondary N) is 1. The van der Waals surface area contributed by atoms with Gasteiger partial charge in [-0.1, -0.05) is 0 Å². The molecular formula is C15H19F3N2O4S. The number of halogens is 3. The SMILES string of the molecule is CC1CN(S(=O)(=O)CCNC(=O)c2ccc(C(F)(F)F)cc2)CCO1. The smallest absolute Gasteiger partial charge is 0.376 e. The molecule has 1 atom stereocenters. The van der Waals surface area contributed by atoms with Gasteiger partial charge in [-0.2, -0.15) is 17.5 Å². The Balaban J connectivity index is 1.87. The Morgan fingerprint density at radius 1 is 1.32 bits per heavy atom. The molecule has 0 aliphatic carbocycles. The van der Waals surface area contributed by atoms with Crippen molar-refractivity contribution >= 4 is 15.9 Å². The van der Waals surface area contributed by atoms with Gasteiger partial charge in [0, 0.05) is 25.2 Å². The molecule has 0 radical (unpaired) electrons. The van der Waals surface area contributed by atoms with E-state index in [9.17, 15) is 26.4 Å². The minimum atomic E-state index is -4.47. The summed E-state index contributed by atoms with van der Waals surface area (Å²) in [6, 6.07) is 3.72. The molecule has 1 amide bonds.